The van der Waals surface area contributed by atoms with E-state index >= 15 is 0 Å². The predicted molar refractivity (Wildman–Crippen MR) is 65.3 cm³/mol. The van der Waals surface area contributed by atoms with Crippen LogP contribution in [0.1, 0.15) is 51.4 Å². The van der Waals surface area contributed by atoms with Crippen molar-refractivity contribution in [3.05, 3.63) is 0 Å². The van der Waals surface area contributed by atoms with Gasteiger partial charge in [-0.3, -0.25) is 4.90 Å². The molecule has 0 aromatic carbocycles. The van der Waals surface area contributed by atoms with E-state index in [1.54, 1.807) is 0 Å². The Hall–Kier alpha value is -0.0800. The molecule has 0 spiro atoms. The molecule has 2 aliphatic carbocycles. The fraction of sp³-hybridized carbons (Fsp3) is 1.00. The van der Waals surface area contributed by atoms with Gasteiger partial charge in [0.05, 0.1) is 6.10 Å². The Kier molecular flexibility index (Phi) is 3.21. The van der Waals surface area contributed by atoms with Crippen LogP contribution in [0, 0.1) is 11.8 Å². The first-order valence-corrected chi connectivity index (χ1v) is 7.25. The third-order valence-corrected chi connectivity index (χ3v) is 5.11. The lowest BCUT2D eigenvalue weighted by Gasteiger charge is -2.38. The smallest absolute Gasteiger partial charge is 0.0695 e. The summed E-state index contributed by atoms with van der Waals surface area (Å²) in [6.45, 7) is 2.55. The van der Waals surface area contributed by atoms with E-state index in [2.05, 4.69) is 4.90 Å². The molecule has 4 fully saturated rings. The average Bonchev–Trinajstić information content (AvgIpc) is 2.62. The van der Waals surface area contributed by atoms with Crippen LogP contribution in [0.25, 0.3) is 0 Å². The van der Waals surface area contributed by atoms with E-state index in [0.29, 0.717) is 6.04 Å². The van der Waals surface area contributed by atoms with Gasteiger partial charge in [0.15, 0.2) is 0 Å². The summed E-state index contributed by atoms with van der Waals surface area (Å²) < 4.78 is 0. The molecular formula is C14H25NO. The van der Waals surface area contributed by atoms with Gasteiger partial charge >= 0.3 is 0 Å². The van der Waals surface area contributed by atoms with Gasteiger partial charge in [0.2, 0.25) is 0 Å². The summed E-state index contributed by atoms with van der Waals surface area (Å²) in [7, 11) is 0. The van der Waals surface area contributed by atoms with Crippen molar-refractivity contribution in [1.29, 1.82) is 0 Å². The Bertz CT molecular complexity index is 221. The van der Waals surface area contributed by atoms with E-state index in [4.69, 9.17) is 0 Å². The molecule has 2 saturated carbocycles. The topological polar surface area (TPSA) is 23.5 Å². The lowest BCUT2D eigenvalue weighted by atomic mass is 9.84. The molecule has 92 valence electrons. The van der Waals surface area contributed by atoms with Gasteiger partial charge in [0.25, 0.3) is 0 Å². The van der Waals surface area contributed by atoms with Crippen LogP contribution in [-0.2, 0) is 0 Å². The second kappa shape index (κ2) is 4.66. The van der Waals surface area contributed by atoms with Crippen molar-refractivity contribution in [2.45, 2.75) is 63.5 Å². The van der Waals surface area contributed by atoms with Crippen LogP contribution in [0.5, 0.6) is 0 Å². The molecule has 0 aromatic heterocycles. The number of nitrogens with zero attached hydrogens (tertiary/aromatic N) is 1. The number of rotatable bonds is 1. The summed E-state index contributed by atoms with van der Waals surface area (Å²) in [5, 5.41) is 10.2. The molecule has 2 heterocycles. The number of fused-ring (bicyclic) bond motifs is 4. The number of hydrogen-bond acceptors (Lipinski definition) is 2. The van der Waals surface area contributed by atoms with E-state index in [9.17, 15) is 5.11 Å². The predicted octanol–water partition coefficient (Wildman–Crippen LogP) is 2.41. The lowest BCUT2D eigenvalue weighted by molar-refractivity contribution is 0.0153. The molecule has 2 bridgehead atoms. The molecule has 2 nitrogen and oxygen atoms in total. The number of hydrogen-bond donors (Lipinski definition) is 1. The van der Waals surface area contributed by atoms with Crippen molar-refractivity contribution in [3.8, 4) is 0 Å². The SMILES string of the molecule is O[C@H]1CCCC[C@@H]1N1CC2CCC(CC2)C1. The van der Waals surface area contributed by atoms with Crippen LogP contribution >= 0.6 is 0 Å². The molecule has 2 heteroatoms. The van der Waals surface area contributed by atoms with Gasteiger partial charge in [0.1, 0.15) is 0 Å². The summed E-state index contributed by atoms with van der Waals surface area (Å²) in [5.41, 5.74) is 0. The van der Waals surface area contributed by atoms with Gasteiger partial charge in [-0.15, -0.1) is 0 Å². The van der Waals surface area contributed by atoms with Crippen LogP contribution in [-0.4, -0.2) is 35.2 Å². The molecular weight excluding hydrogens is 198 g/mol. The number of aliphatic hydroxyl groups is 1. The zero-order valence-corrected chi connectivity index (χ0v) is 10.3. The summed E-state index contributed by atoms with van der Waals surface area (Å²) in [5.74, 6) is 1.88. The summed E-state index contributed by atoms with van der Waals surface area (Å²) in [4.78, 5) is 2.65. The minimum absolute atomic E-state index is 0.0359. The fourth-order valence-corrected chi connectivity index (χ4v) is 4.12. The van der Waals surface area contributed by atoms with Gasteiger partial charge < -0.3 is 5.11 Å². The molecule has 16 heavy (non-hydrogen) atoms. The van der Waals surface area contributed by atoms with Crippen molar-refractivity contribution >= 4 is 0 Å². The fourth-order valence-electron chi connectivity index (χ4n) is 4.12. The van der Waals surface area contributed by atoms with E-state index in [-0.39, 0.29) is 6.10 Å². The molecule has 0 radical (unpaired) electrons. The highest BCUT2D eigenvalue weighted by atomic mass is 16.3. The highest BCUT2D eigenvalue weighted by Crippen LogP contribution is 2.36. The zero-order valence-electron chi connectivity index (χ0n) is 10.3. The van der Waals surface area contributed by atoms with Gasteiger partial charge in [-0.25, -0.2) is 0 Å². The third kappa shape index (κ3) is 2.14. The lowest BCUT2D eigenvalue weighted by Crippen LogP contribution is -2.47. The van der Waals surface area contributed by atoms with Crippen molar-refractivity contribution in [2.75, 3.05) is 13.1 Å². The molecule has 1 N–H and O–H groups in total. The molecule has 4 rings (SSSR count). The molecule has 2 saturated heterocycles. The van der Waals surface area contributed by atoms with E-state index in [1.165, 1.54) is 58.0 Å². The van der Waals surface area contributed by atoms with Crippen LogP contribution in [0.4, 0.5) is 0 Å². The van der Waals surface area contributed by atoms with E-state index in [0.717, 1.165) is 18.3 Å². The largest absolute Gasteiger partial charge is 0.391 e. The maximum atomic E-state index is 10.2. The summed E-state index contributed by atoms with van der Waals surface area (Å²) >= 11 is 0. The first kappa shape index (κ1) is 11.0. The van der Waals surface area contributed by atoms with Gasteiger partial charge in [0, 0.05) is 19.1 Å². The highest BCUT2D eigenvalue weighted by Gasteiger charge is 2.35. The quantitative estimate of drug-likeness (QED) is 0.738. The minimum Gasteiger partial charge on any atom is -0.391 e. The molecule has 0 amide bonds. The van der Waals surface area contributed by atoms with Crippen molar-refractivity contribution in [3.63, 3.8) is 0 Å². The Morgan fingerprint density at radius 3 is 1.88 bits per heavy atom. The molecule has 4 aliphatic rings. The second-order valence-corrected chi connectivity index (χ2v) is 6.26. The first-order valence-electron chi connectivity index (χ1n) is 7.25. The maximum Gasteiger partial charge on any atom is 0.0695 e. The van der Waals surface area contributed by atoms with Crippen LogP contribution in [0.3, 0.4) is 0 Å². The molecule has 0 unspecified atom stereocenters. The standard InChI is InChI=1S/C14H25NO/c16-14-4-2-1-3-13(14)15-9-11-5-6-12(10-15)8-7-11/h11-14,16H,1-10H2/t11?,12?,13-,14-/m0/s1. The van der Waals surface area contributed by atoms with Crippen molar-refractivity contribution < 1.29 is 5.11 Å². The minimum atomic E-state index is -0.0359. The highest BCUT2D eigenvalue weighted by molar-refractivity contribution is 4.89. The number of aliphatic hydroxyl groups excluding tert-OH is 1. The van der Waals surface area contributed by atoms with Crippen LogP contribution in [0.2, 0.25) is 0 Å². The van der Waals surface area contributed by atoms with E-state index in [1.807, 2.05) is 0 Å². The second-order valence-electron chi connectivity index (χ2n) is 6.26. The van der Waals surface area contributed by atoms with E-state index < -0.39 is 0 Å². The maximum absolute atomic E-state index is 10.2. The zero-order chi connectivity index (χ0) is 11.0. The van der Waals surface area contributed by atoms with Gasteiger partial charge in [-0.05, 0) is 50.4 Å². The van der Waals surface area contributed by atoms with Crippen LogP contribution in [0.15, 0.2) is 0 Å². The Morgan fingerprint density at radius 2 is 1.31 bits per heavy atom. The van der Waals surface area contributed by atoms with Crippen LogP contribution < -0.4 is 0 Å². The molecule has 0 aromatic rings. The van der Waals surface area contributed by atoms with Crippen molar-refractivity contribution in [1.82, 2.24) is 4.90 Å². The Balaban J connectivity index is 1.69. The third-order valence-electron chi connectivity index (χ3n) is 5.11. The van der Waals surface area contributed by atoms with Crippen molar-refractivity contribution in [2.24, 2.45) is 11.8 Å². The monoisotopic (exact) mass is 223 g/mol. The Labute approximate surface area is 99.0 Å². The summed E-state index contributed by atoms with van der Waals surface area (Å²) in [6.07, 6.45) is 10.6. The van der Waals surface area contributed by atoms with Gasteiger partial charge in [-0.1, -0.05) is 12.8 Å². The summed E-state index contributed by atoms with van der Waals surface area (Å²) in [6, 6.07) is 0.495. The Morgan fingerprint density at radius 1 is 0.750 bits per heavy atom. The first-order chi connectivity index (χ1) is 7.83. The molecule has 2 aliphatic heterocycles. The normalized spacial score (nSPS) is 45.6. The molecule has 2 atom stereocenters. The van der Waals surface area contributed by atoms with Gasteiger partial charge in [-0.2, -0.15) is 0 Å². The average molecular weight is 223 g/mol.